The molecular formula is C15H27N3O. The Hall–Kier alpha value is -1.03. The number of hydrogen-bond donors (Lipinski definition) is 2. The van der Waals surface area contributed by atoms with Gasteiger partial charge in [-0.05, 0) is 25.7 Å². The quantitative estimate of drug-likeness (QED) is 0.465. The van der Waals surface area contributed by atoms with Crippen LogP contribution in [0.3, 0.4) is 0 Å². The fourth-order valence-corrected chi connectivity index (χ4v) is 2.77. The molecule has 0 amide bonds. The highest BCUT2D eigenvalue weighted by Gasteiger charge is 2.14. The Labute approximate surface area is 116 Å². The molecule has 0 unspecified atom stereocenters. The van der Waals surface area contributed by atoms with Gasteiger partial charge in [0.1, 0.15) is 0 Å². The van der Waals surface area contributed by atoms with E-state index in [1.807, 2.05) is 7.05 Å². The zero-order valence-corrected chi connectivity index (χ0v) is 12.1. The topological polar surface area (TPSA) is 45.7 Å². The molecule has 4 heteroatoms. The molecule has 2 rings (SSSR count). The van der Waals surface area contributed by atoms with Gasteiger partial charge in [0, 0.05) is 19.6 Å². The summed E-state index contributed by atoms with van der Waals surface area (Å²) in [7, 11) is 1.85. The van der Waals surface area contributed by atoms with Crippen LogP contribution in [0, 0.1) is 0 Å². The highest BCUT2D eigenvalue weighted by atomic mass is 16.5. The first-order chi connectivity index (χ1) is 9.38. The number of ether oxygens (including phenoxy) is 1. The van der Waals surface area contributed by atoms with E-state index in [1.54, 1.807) is 0 Å². The van der Waals surface area contributed by atoms with Gasteiger partial charge in [0.05, 0.1) is 13.2 Å². The predicted molar refractivity (Wildman–Crippen MR) is 79.5 cm³/mol. The number of nitrogens with one attached hydrogen (secondary N) is 2. The van der Waals surface area contributed by atoms with E-state index < -0.39 is 0 Å². The Balaban J connectivity index is 1.66. The highest BCUT2D eigenvalue weighted by Crippen LogP contribution is 2.17. The van der Waals surface area contributed by atoms with E-state index in [0.29, 0.717) is 6.04 Å². The van der Waals surface area contributed by atoms with Crippen LogP contribution in [-0.2, 0) is 4.74 Å². The number of aliphatic imine (C=N–C) groups is 1. The summed E-state index contributed by atoms with van der Waals surface area (Å²) >= 11 is 0. The van der Waals surface area contributed by atoms with E-state index in [4.69, 9.17) is 4.74 Å². The molecule has 2 aliphatic rings. The molecule has 108 valence electrons. The largest absolute Gasteiger partial charge is 0.377 e. The molecule has 0 saturated heterocycles. The molecule has 0 aromatic carbocycles. The molecule has 0 spiro atoms. The molecule has 1 saturated carbocycles. The Morgan fingerprint density at radius 2 is 2.21 bits per heavy atom. The number of hydrogen-bond acceptors (Lipinski definition) is 2. The molecule has 1 aliphatic carbocycles. The molecule has 0 radical (unpaired) electrons. The lowest BCUT2D eigenvalue weighted by molar-refractivity contribution is 0.153. The lowest BCUT2D eigenvalue weighted by Gasteiger charge is -2.25. The van der Waals surface area contributed by atoms with Gasteiger partial charge in [-0.3, -0.25) is 4.99 Å². The molecule has 0 aromatic rings. The fraction of sp³-hybridized carbons (Fsp3) is 0.800. The van der Waals surface area contributed by atoms with Gasteiger partial charge in [0.25, 0.3) is 0 Å². The SMILES string of the molecule is CN=C(NCCC1=CCOCC1)NC1CCCCC1. The van der Waals surface area contributed by atoms with Crippen LogP contribution >= 0.6 is 0 Å². The van der Waals surface area contributed by atoms with Crippen molar-refractivity contribution in [3.05, 3.63) is 11.6 Å². The second kappa shape index (κ2) is 8.20. The monoisotopic (exact) mass is 265 g/mol. The molecule has 1 heterocycles. The first-order valence-electron chi connectivity index (χ1n) is 7.61. The summed E-state index contributed by atoms with van der Waals surface area (Å²) in [6.45, 7) is 2.61. The third kappa shape index (κ3) is 5.23. The Kier molecular flexibility index (Phi) is 6.21. The zero-order valence-electron chi connectivity index (χ0n) is 12.1. The van der Waals surface area contributed by atoms with Crippen LogP contribution in [0.1, 0.15) is 44.9 Å². The van der Waals surface area contributed by atoms with Crippen molar-refractivity contribution in [3.8, 4) is 0 Å². The molecule has 0 bridgehead atoms. The van der Waals surface area contributed by atoms with Gasteiger partial charge in [-0.25, -0.2) is 0 Å². The van der Waals surface area contributed by atoms with Gasteiger partial charge in [0.2, 0.25) is 0 Å². The minimum atomic E-state index is 0.613. The standard InChI is InChI=1S/C15H27N3O/c1-16-15(18-14-5-3-2-4-6-14)17-10-7-13-8-11-19-12-9-13/h8,14H,2-7,9-12H2,1H3,(H2,16,17,18). The fourth-order valence-electron chi connectivity index (χ4n) is 2.77. The van der Waals surface area contributed by atoms with Crippen molar-refractivity contribution in [1.82, 2.24) is 10.6 Å². The lowest BCUT2D eigenvalue weighted by Crippen LogP contribution is -2.44. The average molecular weight is 265 g/mol. The average Bonchev–Trinajstić information content (AvgIpc) is 2.48. The van der Waals surface area contributed by atoms with Crippen LogP contribution in [0.4, 0.5) is 0 Å². The first kappa shape index (κ1) is 14.4. The molecule has 2 N–H and O–H groups in total. The first-order valence-corrected chi connectivity index (χ1v) is 7.61. The maximum atomic E-state index is 5.32. The van der Waals surface area contributed by atoms with Gasteiger partial charge in [-0.2, -0.15) is 0 Å². The summed E-state index contributed by atoms with van der Waals surface area (Å²) < 4.78 is 5.32. The van der Waals surface area contributed by atoms with Crippen LogP contribution in [0.2, 0.25) is 0 Å². The minimum Gasteiger partial charge on any atom is -0.377 e. The van der Waals surface area contributed by atoms with Crippen LogP contribution in [0.25, 0.3) is 0 Å². The van der Waals surface area contributed by atoms with Crippen molar-refractivity contribution in [2.45, 2.75) is 51.0 Å². The van der Waals surface area contributed by atoms with Crippen LogP contribution in [0.15, 0.2) is 16.6 Å². The van der Waals surface area contributed by atoms with Crippen LogP contribution < -0.4 is 10.6 Å². The molecule has 0 atom stereocenters. The maximum absolute atomic E-state index is 5.32. The summed E-state index contributed by atoms with van der Waals surface area (Å²) in [5.41, 5.74) is 1.51. The Morgan fingerprint density at radius 1 is 1.37 bits per heavy atom. The molecular weight excluding hydrogens is 238 g/mol. The van der Waals surface area contributed by atoms with E-state index in [2.05, 4.69) is 21.7 Å². The Morgan fingerprint density at radius 3 is 2.89 bits per heavy atom. The van der Waals surface area contributed by atoms with Crippen molar-refractivity contribution in [2.24, 2.45) is 4.99 Å². The van der Waals surface area contributed by atoms with E-state index in [-0.39, 0.29) is 0 Å². The maximum Gasteiger partial charge on any atom is 0.191 e. The number of rotatable bonds is 4. The normalized spacial score (nSPS) is 21.9. The van der Waals surface area contributed by atoms with Crippen LogP contribution in [-0.4, -0.2) is 38.8 Å². The minimum absolute atomic E-state index is 0.613. The zero-order chi connectivity index (χ0) is 13.3. The van der Waals surface area contributed by atoms with Crippen molar-refractivity contribution in [2.75, 3.05) is 26.8 Å². The van der Waals surface area contributed by atoms with Crippen molar-refractivity contribution < 1.29 is 4.74 Å². The molecule has 1 aliphatic heterocycles. The molecule has 0 aromatic heterocycles. The van der Waals surface area contributed by atoms with E-state index >= 15 is 0 Å². The van der Waals surface area contributed by atoms with Gasteiger partial charge in [-0.1, -0.05) is 30.9 Å². The van der Waals surface area contributed by atoms with E-state index in [0.717, 1.165) is 38.6 Å². The van der Waals surface area contributed by atoms with Gasteiger partial charge in [0.15, 0.2) is 5.96 Å². The highest BCUT2D eigenvalue weighted by molar-refractivity contribution is 5.79. The second-order valence-corrected chi connectivity index (χ2v) is 5.42. The summed E-state index contributed by atoms with van der Waals surface area (Å²) in [5.74, 6) is 0.958. The van der Waals surface area contributed by atoms with E-state index in [1.165, 1.54) is 37.7 Å². The Bertz CT molecular complexity index is 319. The van der Waals surface area contributed by atoms with Crippen molar-refractivity contribution in [1.29, 1.82) is 0 Å². The summed E-state index contributed by atoms with van der Waals surface area (Å²) in [6, 6.07) is 0.613. The third-order valence-electron chi connectivity index (χ3n) is 3.97. The van der Waals surface area contributed by atoms with Gasteiger partial charge < -0.3 is 15.4 Å². The molecule has 19 heavy (non-hydrogen) atoms. The van der Waals surface area contributed by atoms with Crippen LogP contribution in [0.5, 0.6) is 0 Å². The summed E-state index contributed by atoms with van der Waals surface area (Å²) in [4.78, 5) is 4.32. The van der Waals surface area contributed by atoms with Gasteiger partial charge >= 0.3 is 0 Å². The summed E-state index contributed by atoms with van der Waals surface area (Å²) in [6.07, 6.45) is 11.0. The molecule has 1 fully saturated rings. The van der Waals surface area contributed by atoms with Gasteiger partial charge in [-0.15, -0.1) is 0 Å². The van der Waals surface area contributed by atoms with Crippen molar-refractivity contribution in [3.63, 3.8) is 0 Å². The van der Waals surface area contributed by atoms with Crippen molar-refractivity contribution >= 4 is 5.96 Å². The smallest absolute Gasteiger partial charge is 0.191 e. The lowest BCUT2D eigenvalue weighted by atomic mass is 9.96. The second-order valence-electron chi connectivity index (χ2n) is 5.42. The third-order valence-corrected chi connectivity index (χ3v) is 3.97. The molecule has 4 nitrogen and oxygen atoms in total. The summed E-state index contributed by atoms with van der Waals surface area (Å²) in [5, 5.41) is 6.96. The predicted octanol–water partition coefficient (Wildman–Crippen LogP) is 2.22. The number of guanidine groups is 1. The van der Waals surface area contributed by atoms with E-state index in [9.17, 15) is 0 Å². The number of nitrogens with zero attached hydrogens (tertiary/aromatic N) is 1.